The Hall–Kier alpha value is -2.34. The molecule has 148 valence electrons. The Morgan fingerprint density at radius 2 is 1.93 bits per heavy atom. The van der Waals surface area contributed by atoms with Crippen LogP contribution in [0.4, 0.5) is 5.69 Å². The summed E-state index contributed by atoms with van der Waals surface area (Å²) in [4.78, 5) is 32.2. The molecule has 1 aliphatic carbocycles. The summed E-state index contributed by atoms with van der Waals surface area (Å²) in [6.45, 7) is 1.93. The molecule has 1 aliphatic rings. The van der Waals surface area contributed by atoms with E-state index in [0.717, 1.165) is 23.3 Å². The molecular weight excluding hydrogens is 370 g/mol. The van der Waals surface area contributed by atoms with Crippen LogP contribution in [0.5, 0.6) is 0 Å². The second-order valence-corrected chi connectivity index (χ2v) is 8.24. The maximum absolute atomic E-state index is 12.8. The minimum atomic E-state index is -0.188. The van der Waals surface area contributed by atoms with Crippen LogP contribution < -0.4 is 5.32 Å². The Morgan fingerprint density at radius 3 is 2.68 bits per heavy atom. The highest BCUT2D eigenvalue weighted by molar-refractivity contribution is 8.00. The molecule has 0 unspecified atom stereocenters. The molecule has 6 heteroatoms. The summed E-state index contributed by atoms with van der Waals surface area (Å²) in [6.07, 6.45) is 9.20. The van der Waals surface area contributed by atoms with Crippen molar-refractivity contribution in [3.63, 3.8) is 0 Å². The van der Waals surface area contributed by atoms with Gasteiger partial charge in [0.25, 0.3) is 5.91 Å². The van der Waals surface area contributed by atoms with Crippen LogP contribution in [0.3, 0.4) is 0 Å². The van der Waals surface area contributed by atoms with Crippen LogP contribution in [0.25, 0.3) is 0 Å². The van der Waals surface area contributed by atoms with Crippen LogP contribution in [0.2, 0.25) is 0 Å². The molecule has 1 fully saturated rings. The first kappa shape index (κ1) is 20.4. The molecule has 2 aromatic rings. The fourth-order valence-electron chi connectivity index (χ4n) is 3.48. The third-order valence-corrected chi connectivity index (χ3v) is 6.34. The van der Waals surface area contributed by atoms with Crippen molar-refractivity contribution in [3.8, 4) is 0 Å². The van der Waals surface area contributed by atoms with Gasteiger partial charge in [0.15, 0.2) is 0 Å². The molecule has 0 bridgehead atoms. The van der Waals surface area contributed by atoms with Gasteiger partial charge in [-0.25, -0.2) is 0 Å². The number of aryl methyl sites for hydroxylation is 1. The predicted molar refractivity (Wildman–Crippen MR) is 114 cm³/mol. The van der Waals surface area contributed by atoms with Crippen molar-refractivity contribution < 1.29 is 9.59 Å². The Bertz CT molecular complexity index is 834. The van der Waals surface area contributed by atoms with E-state index in [4.69, 9.17) is 0 Å². The lowest BCUT2D eigenvalue weighted by atomic mass is 9.94. The van der Waals surface area contributed by atoms with E-state index in [-0.39, 0.29) is 11.8 Å². The zero-order chi connectivity index (χ0) is 19.9. The number of pyridine rings is 1. The number of hydrogen-bond donors (Lipinski definition) is 1. The van der Waals surface area contributed by atoms with E-state index in [1.807, 2.05) is 43.1 Å². The highest BCUT2D eigenvalue weighted by Crippen LogP contribution is 2.26. The van der Waals surface area contributed by atoms with Crippen molar-refractivity contribution in [1.82, 2.24) is 9.88 Å². The monoisotopic (exact) mass is 397 g/mol. The van der Waals surface area contributed by atoms with Crippen molar-refractivity contribution in [2.45, 2.75) is 50.0 Å². The van der Waals surface area contributed by atoms with Gasteiger partial charge in [-0.05, 0) is 43.5 Å². The molecule has 0 atom stereocenters. The van der Waals surface area contributed by atoms with E-state index in [2.05, 4.69) is 10.3 Å². The highest BCUT2D eigenvalue weighted by atomic mass is 32.2. The fourth-order valence-corrected chi connectivity index (χ4v) is 4.45. The zero-order valence-corrected chi connectivity index (χ0v) is 17.3. The zero-order valence-electron chi connectivity index (χ0n) is 16.5. The summed E-state index contributed by atoms with van der Waals surface area (Å²) in [5.41, 5.74) is 2.22. The maximum Gasteiger partial charge on any atom is 0.256 e. The molecule has 1 heterocycles. The van der Waals surface area contributed by atoms with Crippen LogP contribution in [0.15, 0.2) is 47.6 Å². The smallest absolute Gasteiger partial charge is 0.256 e. The summed E-state index contributed by atoms with van der Waals surface area (Å²) in [5, 5.41) is 2.92. The molecule has 0 saturated heterocycles. The van der Waals surface area contributed by atoms with Crippen LogP contribution in [-0.4, -0.2) is 40.5 Å². The molecule has 5 nitrogen and oxygen atoms in total. The van der Waals surface area contributed by atoms with Gasteiger partial charge in [0, 0.05) is 24.2 Å². The molecule has 2 amide bonds. The van der Waals surface area contributed by atoms with Gasteiger partial charge >= 0.3 is 0 Å². The van der Waals surface area contributed by atoms with Crippen molar-refractivity contribution in [1.29, 1.82) is 0 Å². The van der Waals surface area contributed by atoms with Gasteiger partial charge in [0.05, 0.1) is 23.2 Å². The van der Waals surface area contributed by atoms with Gasteiger partial charge in [-0.15, -0.1) is 11.8 Å². The first-order valence-electron chi connectivity index (χ1n) is 9.75. The lowest BCUT2D eigenvalue weighted by Crippen LogP contribution is -2.39. The quantitative estimate of drug-likeness (QED) is 0.728. The molecule has 1 aromatic carbocycles. The van der Waals surface area contributed by atoms with Crippen molar-refractivity contribution >= 4 is 29.3 Å². The van der Waals surface area contributed by atoms with Gasteiger partial charge in [-0.2, -0.15) is 0 Å². The molecule has 0 spiro atoms. The Morgan fingerprint density at radius 1 is 1.18 bits per heavy atom. The van der Waals surface area contributed by atoms with Gasteiger partial charge in [0.2, 0.25) is 5.91 Å². The molecule has 3 rings (SSSR count). The van der Waals surface area contributed by atoms with Crippen molar-refractivity contribution in [3.05, 3.63) is 53.9 Å². The first-order valence-corrected chi connectivity index (χ1v) is 10.7. The van der Waals surface area contributed by atoms with E-state index in [1.165, 1.54) is 31.0 Å². The van der Waals surface area contributed by atoms with E-state index in [9.17, 15) is 9.59 Å². The maximum atomic E-state index is 12.8. The predicted octanol–water partition coefficient (Wildman–Crippen LogP) is 4.53. The van der Waals surface area contributed by atoms with Crippen molar-refractivity contribution in [2.24, 2.45) is 0 Å². The average molecular weight is 398 g/mol. The number of rotatable bonds is 6. The molecule has 28 heavy (non-hydrogen) atoms. The molecule has 0 aliphatic heterocycles. The number of carbonyl (C=O) groups is 2. The molecule has 1 saturated carbocycles. The minimum absolute atomic E-state index is 0.121. The van der Waals surface area contributed by atoms with Gasteiger partial charge in [-0.1, -0.05) is 31.4 Å². The third kappa shape index (κ3) is 5.13. The first-order chi connectivity index (χ1) is 13.6. The van der Waals surface area contributed by atoms with E-state index >= 15 is 0 Å². The van der Waals surface area contributed by atoms with Crippen LogP contribution in [0, 0.1) is 6.92 Å². The number of anilines is 1. The average Bonchev–Trinajstić information content (AvgIpc) is 2.74. The third-order valence-electron chi connectivity index (χ3n) is 5.29. The Balaban J connectivity index is 1.64. The number of nitrogens with one attached hydrogen (secondary N) is 1. The Kier molecular flexibility index (Phi) is 7.09. The van der Waals surface area contributed by atoms with Gasteiger partial charge < -0.3 is 10.2 Å². The number of hydrogen-bond acceptors (Lipinski definition) is 4. The number of aromatic nitrogens is 1. The van der Waals surface area contributed by atoms with E-state index in [0.29, 0.717) is 23.0 Å². The number of carbonyl (C=O) groups excluding carboxylic acids is 2. The number of thioether (sulfide) groups is 1. The highest BCUT2D eigenvalue weighted by Gasteiger charge is 2.22. The summed E-state index contributed by atoms with van der Waals surface area (Å²) in [7, 11) is 1.91. The van der Waals surface area contributed by atoms with Crippen molar-refractivity contribution in [2.75, 3.05) is 18.1 Å². The Labute approximate surface area is 170 Å². The molecule has 1 N–H and O–H groups in total. The number of nitrogens with zero attached hydrogens (tertiary/aromatic N) is 2. The summed E-state index contributed by atoms with van der Waals surface area (Å²) in [5.74, 6) is 0.269. The molecular formula is C22H27N3O2S. The minimum Gasteiger partial charge on any atom is -0.342 e. The lowest BCUT2D eigenvalue weighted by molar-refractivity contribution is -0.129. The normalized spacial score (nSPS) is 14.5. The second kappa shape index (κ2) is 9.73. The van der Waals surface area contributed by atoms with Gasteiger partial charge in [-0.3, -0.25) is 14.6 Å². The van der Waals surface area contributed by atoms with Crippen LogP contribution >= 0.6 is 11.8 Å². The topological polar surface area (TPSA) is 62.3 Å². The number of amides is 2. The standard InChI is InChI=1S/C22H27N3O2S/c1-16-12-13-23-14-19(16)24-22(27)18-10-6-7-11-20(18)28-15-21(26)25(2)17-8-4-3-5-9-17/h6-7,10-14,17H,3-5,8-9,15H2,1-2H3,(H,24,27). The van der Waals surface area contributed by atoms with E-state index < -0.39 is 0 Å². The summed E-state index contributed by atoms with van der Waals surface area (Å²) in [6, 6.07) is 9.63. The summed E-state index contributed by atoms with van der Waals surface area (Å²) >= 11 is 1.42. The molecule has 1 aromatic heterocycles. The SMILES string of the molecule is Cc1ccncc1NC(=O)c1ccccc1SCC(=O)N(C)C1CCCCC1. The largest absolute Gasteiger partial charge is 0.342 e. The lowest BCUT2D eigenvalue weighted by Gasteiger charge is -2.31. The molecule has 0 radical (unpaired) electrons. The van der Waals surface area contributed by atoms with Gasteiger partial charge in [0.1, 0.15) is 0 Å². The fraction of sp³-hybridized carbons (Fsp3) is 0.409. The summed E-state index contributed by atoms with van der Waals surface area (Å²) < 4.78 is 0. The number of benzene rings is 1. The van der Waals surface area contributed by atoms with Crippen LogP contribution in [-0.2, 0) is 4.79 Å². The van der Waals surface area contributed by atoms with E-state index in [1.54, 1.807) is 18.5 Å². The second-order valence-electron chi connectivity index (χ2n) is 7.23. The van der Waals surface area contributed by atoms with Crippen LogP contribution in [0.1, 0.15) is 48.0 Å².